The quantitative estimate of drug-likeness (QED) is 0.599. The van der Waals surface area contributed by atoms with Gasteiger partial charge in [-0.15, -0.1) is 0 Å². The first kappa shape index (κ1) is 7.55. The van der Waals surface area contributed by atoms with Crippen LogP contribution in [0.1, 0.15) is 12.8 Å². The Balaban J connectivity index is 2.03. The maximum Gasteiger partial charge on any atom is 0.153 e. The molecule has 2 rings (SSSR count). The van der Waals surface area contributed by atoms with Crippen LogP contribution >= 0.6 is 0 Å². The molecular weight excluding hydrogens is 162 g/mol. The van der Waals surface area contributed by atoms with E-state index in [-0.39, 0.29) is 6.04 Å². The molecular formula is C7H13NO2S. The van der Waals surface area contributed by atoms with E-state index >= 15 is 0 Å². The lowest BCUT2D eigenvalue weighted by Gasteiger charge is -2.23. The zero-order valence-corrected chi connectivity index (χ0v) is 7.23. The van der Waals surface area contributed by atoms with Crippen molar-refractivity contribution in [3.05, 3.63) is 0 Å². The van der Waals surface area contributed by atoms with Gasteiger partial charge in [0.1, 0.15) is 0 Å². The van der Waals surface area contributed by atoms with E-state index in [1.54, 1.807) is 0 Å². The summed E-state index contributed by atoms with van der Waals surface area (Å²) in [6.45, 7) is 0.656. The molecule has 2 fully saturated rings. The van der Waals surface area contributed by atoms with Crippen LogP contribution in [-0.2, 0) is 9.84 Å². The Labute approximate surface area is 67.1 Å². The Morgan fingerprint density at radius 2 is 2.00 bits per heavy atom. The first-order valence-electron chi connectivity index (χ1n) is 4.11. The summed E-state index contributed by atoms with van der Waals surface area (Å²) in [5.74, 6) is 1.36. The van der Waals surface area contributed by atoms with Gasteiger partial charge in [-0.1, -0.05) is 0 Å². The van der Waals surface area contributed by atoms with E-state index in [1.807, 2.05) is 0 Å². The van der Waals surface area contributed by atoms with Gasteiger partial charge in [-0.05, 0) is 18.8 Å². The number of rotatable bonds is 1. The maximum absolute atomic E-state index is 11.2. The molecule has 0 aromatic rings. The van der Waals surface area contributed by atoms with Gasteiger partial charge in [-0.2, -0.15) is 0 Å². The fourth-order valence-corrected chi connectivity index (χ4v) is 3.15. The Kier molecular flexibility index (Phi) is 1.68. The van der Waals surface area contributed by atoms with Crippen molar-refractivity contribution >= 4 is 9.84 Å². The largest absolute Gasteiger partial charge is 0.312 e. The van der Waals surface area contributed by atoms with Crippen molar-refractivity contribution in [2.24, 2.45) is 5.92 Å². The van der Waals surface area contributed by atoms with E-state index in [0.717, 1.165) is 0 Å². The van der Waals surface area contributed by atoms with E-state index in [2.05, 4.69) is 5.32 Å². The van der Waals surface area contributed by atoms with Crippen LogP contribution in [0.2, 0.25) is 0 Å². The van der Waals surface area contributed by atoms with E-state index < -0.39 is 9.84 Å². The minimum absolute atomic E-state index is 0.272. The smallest absolute Gasteiger partial charge is 0.153 e. The van der Waals surface area contributed by atoms with Crippen molar-refractivity contribution in [2.75, 3.05) is 18.1 Å². The Bertz CT molecular complexity index is 243. The molecule has 1 N–H and O–H groups in total. The second kappa shape index (κ2) is 2.45. The average Bonchev–Trinajstić information content (AvgIpc) is 2.65. The summed E-state index contributed by atoms with van der Waals surface area (Å²) in [5.41, 5.74) is 0. The van der Waals surface area contributed by atoms with E-state index in [4.69, 9.17) is 0 Å². The Hall–Kier alpha value is -0.0900. The molecule has 0 radical (unpaired) electrons. The fourth-order valence-electron chi connectivity index (χ4n) is 1.62. The van der Waals surface area contributed by atoms with Gasteiger partial charge in [0.2, 0.25) is 0 Å². The van der Waals surface area contributed by atoms with Gasteiger partial charge in [-0.25, -0.2) is 8.42 Å². The average molecular weight is 175 g/mol. The van der Waals surface area contributed by atoms with E-state index in [1.165, 1.54) is 12.8 Å². The van der Waals surface area contributed by atoms with Gasteiger partial charge >= 0.3 is 0 Å². The van der Waals surface area contributed by atoms with Crippen LogP contribution in [0.4, 0.5) is 0 Å². The van der Waals surface area contributed by atoms with E-state index in [9.17, 15) is 8.42 Å². The highest BCUT2D eigenvalue weighted by molar-refractivity contribution is 7.91. The van der Waals surface area contributed by atoms with Crippen molar-refractivity contribution in [1.29, 1.82) is 0 Å². The lowest BCUT2D eigenvalue weighted by molar-refractivity contribution is 0.480. The van der Waals surface area contributed by atoms with Gasteiger partial charge < -0.3 is 5.32 Å². The molecule has 64 valence electrons. The van der Waals surface area contributed by atoms with Gasteiger partial charge in [0, 0.05) is 12.6 Å². The summed E-state index contributed by atoms with van der Waals surface area (Å²) in [6.07, 6.45) is 2.43. The van der Waals surface area contributed by atoms with Gasteiger partial charge in [0.25, 0.3) is 0 Å². The monoisotopic (exact) mass is 175 g/mol. The zero-order valence-electron chi connectivity index (χ0n) is 6.41. The Morgan fingerprint density at radius 3 is 2.55 bits per heavy atom. The third-order valence-corrected chi connectivity index (χ3v) is 4.14. The first-order chi connectivity index (χ1) is 5.17. The molecule has 1 atom stereocenters. The van der Waals surface area contributed by atoms with Crippen LogP contribution < -0.4 is 5.32 Å². The number of hydrogen-bond acceptors (Lipinski definition) is 3. The van der Waals surface area contributed by atoms with Gasteiger partial charge in [0.15, 0.2) is 9.84 Å². The lowest BCUT2D eigenvalue weighted by atomic mass is 10.2. The highest BCUT2D eigenvalue weighted by atomic mass is 32.2. The van der Waals surface area contributed by atoms with Crippen LogP contribution in [0.3, 0.4) is 0 Å². The molecule has 0 aromatic carbocycles. The second-order valence-electron chi connectivity index (χ2n) is 3.51. The molecule has 4 heteroatoms. The van der Waals surface area contributed by atoms with Crippen LogP contribution in [-0.4, -0.2) is 32.5 Å². The molecule has 0 unspecified atom stereocenters. The SMILES string of the molecule is O=S1(=O)CCN[C@@H](C2CC2)C1. The summed E-state index contributed by atoms with van der Waals surface area (Å²) in [7, 11) is -2.70. The van der Waals surface area contributed by atoms with Crippen molar-refractivity contribution in [3.8, 4) is 0 Å². The lowest BCUT2D eigenvalue weighted by Crippen LogP contribution is -2.46. The van der Waals surface area contributed by atoms with Crippen LogP contribution in [0.25, 0.3) is 0 Å². The minimum atomic E-state index is -2.70. The summed E-state index contributed by atoms with van der Waals surface area (Å²) in [5, 5.41) is 3.26. The third-order valence-electron chi connectivity index (χ3n) is 2.44. The van der Waals surface area contributed by atoms with Crippen LogP contribution in [0.5, 0.6) is 0 Å². The third kappa shape index (κ3) is 1.73. The zero-order chi connectivity index (χ0) is 7.90. The molecule has 1 heterocycles. The molecule has 0 amide bonds. The van der Waals surface area contributed by atoms with Crippen LogP contribution in [0, 0.1) is 5.92 Å². The predicted molar refractivity (Wildman–Crippen MR) is 43.2 cm³/mol. The van der Waals surface area contributed by atoms with Gasteiger partial charge in [0.05, 0.1) is 11.5 Å². The highest BCUT2D eigenvalue weighted by Crippen LogP contribution is 2.33. The predicted octanol–water partition coefficient (Wildman–Crippen LogP) is -0.217. The summed E-state index contributed by atoms with van der Waals surface area (Å²) in [6, 6.07) is 0.272. The molecule has 1 saturated heterocycles. The summed E-state index contributed by atoms with van der Waals surface area (Å²) in [4.78, 5) is 0. The van der Waals surface area contributed by atoms with E-state index in [0.29, 0.717) is 24.0 Å². The normalized spacial score (nSPS) is 36.9. The second-order valence-corrected chi connectivity index (χ2v) is 5.74. The molecule has 1 aliphatic heterocycles. The highest BCUT2D eigenvalue weighted by Gasteiger charge is 2.36. The maximum atomic E-state index is 11.2. The number of sulfone groups is 1. The fraction of sp³-hybridized carbons (Fsp3) is 1.00. The van der Waals surface area contributed by atoms with Crippen molar-refractivity contribution in [3.63, 3.8) is 0 Å². The molecule has 3 nitrogen and oxygen atoms in total. The summed E-state index contributed by atoms with van der Waals surface area (Å²) < 4.78 is 22.3. The standard InChI is InChI=1S/C7H13NO2S/c9-11(10)4-3-8-7(5-11)6-1-2-6/h6-8H,1-5H2/t7-/m1/s1. The molecule has 11 heavy (non-hydrogen) atoms. The Morgan fingerprint density at radius 1 is 1.27 bits per heavy atom. The minimum Gasteiger partial charge on any atom is -0.312 e. The molecule has 1 aliphatic carbocycles. The topological polar surface area (TPSA) is 46.2 Å². The van der Waals surface area contributed by atoms with Crippen LogP contribution in [0.15, 0.2) is 0 Å². The van der Waals surface area contributed by atoms with Gasteiger partial charge in [-0.3, -0.25) is 0 Å². The van der Waals surface area contributed by atoms with Crippen molar-refractivity contribution < 1.29 is 8.42 Å². The molecule has 0 bridgehead atoms. The molecule has 0 spiro atoms. The number of nitrogens with one attached hydrogen (secondary N) is 1. The molecule has 1 saturated carbocycles. The summed E-state index contributed by atoms with van der Waals surface area (Å²) >= 11 is 0. The van der Waals surface area contributed by atoms with Crippen molar-refractivity contribution in [1.82, 2.24) is 5.32 Å². The van der Waals surface area contributed by atoms with Crippen molar-refractivity contribution in [2.45, 2.75) is 18.9 Å². The molecule has 2 aliphatic rings. The first-order valence-corrected chi connectivity index (χ1v) is 5.93. The molecule has 0 aromatic heterocycles. The number of hydrogen-bond donors (Lipinski definition) is 1.